The van der Waals surface area contributed by atoms with Crippen molar-refractivity contribution in [2.45, 2.75) is 41.2 Å². The van der Waals surface area contributed by atoms with Crippen LogP contribution in [0, 0.1) is 0 Å². The molecule has 4 nitrogen and oxygen atoms in total. The van der Waals surface area contributed by atoms with Crippen molar-refractivity contribution in [3.05, 3.63) is 96.1 Å². The number of hydrogen-bond donors (Lipinski definition) is 0. The second-order valence-electron chi connectivity index (χ2n) is 7.98. The van der Waals surface area contributed by atoms with Gasteiger partial charge in [0.2, 0.25) is 0 Å². The lowest BCUT2D eigenvalue weighted by molar-refractivity contribution is 0.0785. The van der Waals surface area contributed by atoms with Gasteiger partial charge in [-0.1, -0.05) is 116 Å². The van der Waals surface area contributed by atoms with Crippen LogP contribution in [0.4, 0.5) is 4.79 Å². The smallest absolute Gasteiger partial charge is 0.494 e. The molecule has 0 aliphatic rings. The highest BCUT2D eigenvalue weighted by Gasteiger charge is 2.40. The fourth-order valence-corrected chi connectivity index (χ4v) is 6.15. The molecule has 3 aromatic carbocycles. The van der Waals surface area contributed by atoms with E-state index in [4.69, 9.17) is 48.7 Å². The molecule has 0 fully saturated rings. The summed E-state index contributed by atoms with van der Waals surface area (Å²) >= 11 is 19.4. The van der Waals surface area contributed by atoms with Gasteiger partial charge in [-0.25, -0.2) is 4.79 Å². The molecule has 36 heavy (non-hydrogen) atoms. The average molecular weight is 578 g/mol. The van der Waals surface area contributed by atoms with Crippen molar-refractivity contribution in [2.75, 3.05) is 6.61 Å². The predicted octanol–water partition coefficient (Wildman–Crippen LogP) is 6.84. The number of benzene rings is 3. The third kappa shape index (κ3) is 9.16. The van der Waals surface area contributed by atoms with Gasteiger partial charge >= 0.3 is 15.9 Å². The number of carbonyl (C=O) groups is 1. The van der Waals surface area contributed by atoms with E-state index in [1.807, 2.05) is 84.9 Å². The second-order valence-corrected chi connectivity index (χ2v) is 12.6. The van der Waals surface area contributed by atoms with E-state index in [0.29, 0.717) is 6.61 Å². The molecular weight excluding hydrogens is 551 g/mol. The molecule has 4 radical (unpaired) electrons. The number of alkyl halides is 3. The number of unbranched alkanes of at least 4 members (excludes halogenated alkanes) is 2. The fourth-order valence-electron chi connectivity index (χ4n) is 3.36. The molecule has 1 atom stereocenters. The van der Waals surface area contributed by atoms with E-state index < -0.39 is 15.7 Å². The quantitative estimate of drug-likeness (QED) is 0.0965. The molecule has 1 unspecified atom stereocenters. The van der Waals surface area contributed by atoms with E-state index in [1.54, 1.807) is 0 Å². The van der Waals surface area contributed by atoms with Gasteiger partial charge in [-0.05, 0) is 34.9 Å². The molecule has 3 aromatic rings. The van der Waals surface area contributed by atoms with Gasteiger partial charge < -0.3 is 13.9 Å². The van der Waals surface area contributed by atoms with Crippen molar-refractivity contribution in [2.24, 2.45) is 0 Å². The van der Waals surface area contributed by atoms with Crippen LogP contribution in [0.25, 0.3) is 0 Å². The summed E-state index contributed by atoms with van der Waals surface area (Å²) in [5, 5.41) is -0.0635. The average Bonchev–Trinajstić information content (AvgIpc) is 2.90. The summed E-state index contributed by atoms with van der Waals surface area (Å²) in [6.45, 7) is 2.83. The zero-order chi connectivity index (χ0) is 25.8. The zero-order valence-electron chi connectivity index (χ0n) is 19.8. The van der Waals surface area contributed by atoms with Gasteiger partial charge in [0.1, 0.15) is 5.75 Å². The number of ether oxygens (including phenoxy) is 2. The fraction of sp³-hybridized carbons (Fsp3) is 0.296. The summed E-state index contributed by atoms with van der Waals surface area (Å²) in [5.74, 6) is 0.778. The van der Waals surface area contributed by atoms with Crippen LogP contribution in [0.15, 0.2) is 84.9 Å². The molecule has 0 saturated carbocycles. The van der Waals surface area contributed by atoms with Crippen LogP contribution in [0.1, 0.15) is 42.9 Å². The van der Waals surface area contributed by atoms with E-state index in [9.17, 15) is 4.79 Å². The normalized spacial score (nSPS) is 12.2. The lowest BCUT2D eigenvalue weighted by atomic mass is 10.0. The maximum absolute atomic E-state index is 12.3. The Morgan fingerprint density at radius 1 is 0.889 bits per heavy atom. The monoisotopic (exact) mass is 576 g/mol. The van der Waals surface area contributed by atoms with Crippen molar-refractivity contribution in [3.8, 4) is 5.75 Å². The minimum absolute atomic E-state index is 0.0327. The summed E-state index contributed by atoms with van der Waals surface area (Å²) in [6.07, 6.45) is 2.33. The van der Waals surface area contributed by atoms with Crippen LogP contribution in [0.2, 0.25) is 0 Å². The molecule has 0 heterocycles. The standard InChI is InChI=1S/C27H27Cl3O4Si2/c1-2-3-10-19-32-22-15-17-23(18-16-22)36-34-26(31)33-27(29,30)25(28)35-24(20-11-6-4-7-12-20)21-13-8-5-9-14-21/h4-9,11-18,24-25H,2-3,10,19H2,1H3. The minimum atomic E-state index is -1.96. The Balaban J connectivity index is 1.54. The lowest BCUT2D eigenvalue weighted by Gasteiger charge is -2.27. The Kier molecular flexibility index (Phi) is 11.7. The van der Waals surface area contributed by atoms with Crippen LogP contribution in [-0.4, -0.2) is 41.6 Å². The molecule has 0 bridgehead atoms. The summed E-state index contributed by atoms with van der Waals surface area (Å²) in [4.78, 5) is 12.3. The highest BCUT2D eigenvalue weighted by atomic mass is 35.5. The Morgan fingerprint density at radius 3 is 2.03 bits per heavy atom. The van der Waals surface area contributed by atoms with Crippen molar-refractivity contribution < 1.29 is 18.7 Å². The number of rotatable bonds is 13. The first-order valence-electron chi connectivity index (χ1n) is 11.7. The lowest BCUT2D eigenvalue weighted by Crippen LogP contribution is -2.39. The Bertz CT molecular complexity index is 1010. The summed E-state index contributed by atoms with van der Waals surface area (Å²) in [5.41, 5.74) is 2.08. The molecule has 9 heteroatoms. The first-order valence-corrected chi connectivity index (χ1v) is 14.9. The van der Waals surface area contributed by atoms with E-state index in [-0.39, 0.29) is 24.8 Å². The molecule has 0 amide bonds. The van der Waals surface area contributed by atoms with E-state index >= 15 is 0 Å². The van der Waals surface area contributed by atoms with Gasteiger partial charge in [0.15, 0.2) is 0 Å². The van der Waals surface area contributed by atoms with E-state index in [2.05, 4.69) is 6.92 Å². The van der Waals surface area contributed by atoms with Gasteiger partial charge in [0.05, 0.1) is 21.1 Å². The molecule has 0 aromatic heterocycles. The van der Waals surface area contributed by atoms with Crippen molar-refractivity contribution in [1.29, 1.82) is 0 Å². The van der Waals surface area contributed by atoms with Gasteiger partial charge in [-0.15, -0.1) is 11.6 Å². The van der Waals surface area contributed by atoms with Crippen molar-refractivity contribution in [3.63, 3.8) is 0 Å². The molecule has 0 N–H and O–H groups in total. The maximum Gasteiger partial charge on any atom is 0.497 e. The van der Waals surface area contributed by atoms with E-state index in [1.165, 1.54) is 0 Å². The Hall–Kier alpha value is -1.97. The number of halogens is 3. The maximum atomic E-state index is 12.3. The zero-order valence-corrected chi connectivity index (χ0v) is 24.1. The van der Waals surface area contributed by atoms with Crippen LogP contribution in [-0.2, 0) is 9.16 Å². The van der Waals surface area contributed by atoms with Gasteiger partial charge in [-0.2, -0.15) is 0 Å². The second kappa shape index (κ2) is 14.7. The largest absolute Gasteiger partial charge is 0.497 e. The Labute approximate surface area is 233 Å². The summed E-state index contributed by atoms with van der Waals surface area (Å²) < 4.78 is 14.2. The Morgan fingerprint density at radius 2 is 1.47 bits per heavy atom. The topological polar surface area (TPSA) is 44.8 Å². The summed E-state index contributed by atoms with van der Waals surface area (Å²) in [6, 6.07) is 27.2. The third-order valence-corrected chi connectivity index (χ3v) is 9.62. The predicted molar refractivity (Wildman–Crippen MR) is 149 cm³/mol. The highest BCUT2D eigenvalue weighted by molar-refractivity contribution is 6.64. The van der Waals surface area contributed by atoms with Gasteiger partial charge in [0, 0.05) is 5.54 Å². The molecule has 188 valence electrons. The van der Waals surface area contributed by atoms with Crippen LogP contribution < -0.4 is 9.92 Å². The van der Waals surface area contributed by atoms with Gasteiger partial charge in [-0.3, -0.25) is 0 Å². The van der Waals surface area contributed by atoms with Crippen LogP contribution in [0.5, 0.6) is 5.75 Å². The third-order valence-electron chi connectivity index (χ3n) is 5.22. The molecule has 0 aliphatic heterocycles. The first-order chi connectivity index (χ1) is 17.4. The number of carbonyl (C=O) groups excluding carboxylic acids is 1. The van der Waals surface area contributed by atoms with E-state index in [0.717, 1.165) is 41.3 Å². The summed E-state index contributed by atoms with van der Waals surface area (Å²) in [7, 11) is -0.241. The number of hydrogen-bond acceptors (Lipinski definition) is 4. The molecule has 0 spiro atoms. The molecule has 0 saturated heterocycles. The molecular formula is C27H27Cl3O4Si2. The highest BCUT2D eigenvalue weighted by Crippen LogP contribution is 2.35. The van der Waals surface area contributed by atoms with Crippen molar-refractivity contribution >= 4 is 65.4 Å². The van der Waals surface area contributed by atoms with Crippen LogP contribution in [0.3, 0.4) is 0 Å². The minimum Gasteiger partial charge on any atom is -0.494 e. The van der Waals surface area contributed by atoms with Crippen LogP contribution >= 0.6 is 34.8 Å². The molecule has 0 aliphatic carbocycles. The SMILES string of the molecule is CCCCCOc1ccc([Si]OC(=O)OC(Cl)(Cl)C(Cl)[Si]C(c2ccccc2)c2ccccc2)cc1. The molecule has 3 rings (SSSR count). The first kappa shape index (κ1) is 28.6. The van der Waals surface area contributed by atoms with Crippen molar-refractivity contribution in [1.82, 2.24) is 0 Å². The van der Waals surface area contributed by atoms with Gasteiger partial charge in [0.25, 0.3) is 4.52 Å².